The summed E-state index contributed by atoms with van der Waals surface area (Å²) in [6, 6.07) is 0. The highest BCUT2D eigenvalue weighted by Gasteiger charge is 2.46. The van der Waals surface area contributed by atoms with Crippen LogP contribution < -0.4 is 0 Å². The molecule has 80 valence electrons. The third-order valence-corrected chi connectivity index (χ3v) is 2.56. The summed E-state index contributed by atoms with van der Waals surface area (Å²) in [6.07, 6.45) is 0.532. The zero-order chi connectivity index (χ0) is 11.2. The molecule has 1 aliphatic carbocycles. The van der Waals surface area contributed by atoms with Crippen LogP contribution >= 0.6 is 0 Å². The topological polar surface area (TPSA) is 88.1 Å². The number of ketones is 1. The van der Waals surface area contributed by atoms with Gasteiger partial charge in [-0.25, -0.2) is 4.99 Å². The molecular weight excluding hydrogens is 198 g/mol. The molecule has 1 aliphatic heterocycles. The summed E-state index contributed by atoms with van der Waals surface area (Å²) in [5.41, 5.74) is -0.399. The molecule has 0 saturated heterocycles. The first-order valence-electron chi connectivity index (χ1n) is 4.66. The number of rotatable bonds is 0. The zero-order valence-corrected chi connectivity index (χ0v) is 8.52. The molecule has 15 heavy (non-hydrogen) atoms. The van der Waals surface area contributed by atoms with E-state index in [1.807, 2.05) is 0 Å². The van der Waals surface area contributed by atoms with E-state index in [4.69, 9.17) is 5.21 Å². The van der Waals surface area contributed by atoms with Crippen LogP contribution in [-0.2, 0) is 4.79 Å². The Morgan fingerprint density at radius 2 is 2.20 bits per heavy atom. The third-order valence-electron chi connectivity index (χ3n) is 2.56. The fraction of sp³-hybridized carbons (Fsp3) is 0.556. The Labute approximate surface area is 86.2 Å². The first-order chi connectivity index (χ1) is 6.97. The van der Waals surface area contributed by atoms with E-state index in [-0.39, 0.29) is 23.6 Å². The molecule has 2 aliphatic rings. The molecule has 0 atom stereocenters. The van der Waals surface area contributed by atoms with Crippen molar-refractivity contribution in [1.29, 1.82) is 0 Å². The maximum atomic E-state index is 11.7. The second-order valence-electron chi connectivity index (χ2n) is 4.07. The first kappa shape index (κ1) is 9.82. The number of fused-ring (bicyclic) bond motifs is 1. The zero-order valence-electron chi connectivity index (χ0n) is 8.52. The number of aliphatic imine (C=N–C) groups is 1. The number of oxime groups is 1. The lowest BCUT2D eigenvalue weighted by Gasteiger charge is -2.15. The van der Waals surface area contributed by atoms with Crippen LogP contribution in [0.15, 0.2) is 10.1 Å². The summed E-state index contributed by atoms with van der Waals surface area (Å²) in [4.78, 5) is 15.6. The van der Waals surface area contributed by atoms with Crippen LogP contribution in [0.5, 0.6) is 0 Å². The van der Waals surface area contributed by atoms with Gasteiger partial charge in [-0.2, -0.15) is 4.74 Å². The van der Waals surface area contributed by atoms with E-state index in [2.05, 4.69) is 10.1 Å². The van der Waals surface area contributed by atoms with Crippen molar-refractivity contribution < 1.29 is 14.7 Å². The average molecular weight is 209 g/mol. The fourth-order valence-electron chi connectivity index (χ4n) is 1.75. The van der Waals surface area contributed by atoms with Crippen LogP contribution in [0.25, 0.3) is 0 Å². The van der Waals surface area contributed by atoms with E-state index in [9.17, 15) is 10.0 Å². The van der Waals surface area contributed by atoms with Gasteiger partial charge < -0.3 is 10.4 Å². The van der Waals surface area contributed by atoms with Gasteiger partial charge in [-0.3, -0.25) is 4.79 Å². The second-order valence-corrected chi connectivity index (χ2v) is 4.07. The minimum atomic E-state index is -0.986. The van der Waals surface area contributed by atoms with Gasteiger partial charge in [0.1, 0.15) is 5.71 Å². The van der Waals surface area contributed by atoms with Crippen LogP contribution in [0.2, 0.25) is 0 Å². The van der Waals surface area contributed by atoms with Gasteiger partial charge in [0.2, 0.25) is 5.78 Å². The van der Waals surface area contributed by atoms with Crippen LogP contribution in [0.4, 0.5) is 0 Å². The molecule has 0 bridgehead atoms. The summed E-state index contributed by atoms with van der Waals surface area (Å²) in [7, 11) is 0. The minimum absolute atomic E-state index is 0.0269. The van der Waals surface area contributed by atoms with Crippen LogP contribution in [0.3, 0.4) is 0 Å². The van der Waals surface area contributed by atoms with Gasteiger partial charge in [-0.05, 0) is 0 Å². The number of hydrogen-bond donors (Lipinski definition) is 1. The molecule has 6 heteroatoms. The van der Waals surface area contributed by atoms with Crippen molar-refractivity contribution in [3.8, 4) is 0 Å². The largest absolute Gasteiger partial charge is 0.621 e. The number of carbonyl (C=O) groups is 1. The molecule has 0 amide bonds. The summed E-state index contributed by atoms with van der Waals surface area (Å²) >= 11 is 0. The van der Waals surface area contributed by atoms with Crippen molar-refractivity contribution >= 4 is 22.9 Å². The summed E-state index contributed by atoms with van der Waals surface area (Å²) in [5, 5.41) is 23.6. The van der Waals surface area contributed by atoms with E-state index in [0.29, 0.717) is 16.9 Å². The molecule has 6 nitrogen and oxygen atoms in total. The lowest BCUT2D eigenvalue weighted by molar-refractivity contribution is -0.531. The first-order valence-corrected chi connectivity index (χ1v) is 4.66. The quantitative estimate of drug-likeness (QED) is 0.270. The Balaban J connectivity index is 2.61. The lowest BCUT2D eigenvalue weighted by Crippen LogP contribution is -2.39. The molecule has 0 aromatic heterocycles. The monoisotopic (exact) mass is 209 g/mol. The van der Waals surface area contributed by atoms with E-state index < -0.39 is 5.66 Å². The molecule has 1 saturated carbocycles. The molecule has 2 rings (SSSR count). The Bertz CT molecular complexity index is 432. The summed E-state index contributed by atoms with van der Waals surface area (Å²) < 4.78 is 0.592. The highest BCUT2D eigenvalue weighted by atomic mass is 16.5. The van der Waals surface area contributed by atoms with Gasteiger partial charge in [-0.15, -0.1) is 0 Å². The standard InChI is InChI=1S/C9H11N3O3/c1-9(2)10-7-5(11-14)3-4-6(13)8(7)12(9)15/h14H,3-4H2,1-2H3. The predicted octanol–water partition coefficient (Wildman–Crippen LogP) is 0.321. The third kappa shape index (κ3) is 1.25. The highest BCUT2D eigenvalue weighted by Crippen LogP contribution is 2.22. The average Bonchev–Trinajstić information content (AvgIpc) is 2.40. The Morgan fingerprint density at radius 1 is 1.53 bits per heavy atom. The Kier molecular flexibility index (Phi) is 1.89. The molecule has 1 heterocycles. The normalized spacial score (nSPS) is 26.9. The van der Waals surface area contributed by atoms with Crippen molar-refractivity contribution in [3.05, 3.63) is 5.21 Å². The van der Waals surface area contributed by atoms with Gasteiger partial charge in [0, 0.05) is 26.7 Å². The highest BCUT2D eigenvalue weighted by molar-refractivity contribution is 6.82. The van der Waals surface area contributed by atoms with Gasteiger partial charge in [0.05, 0.1) is 0 Å². The van der Waals surface area contributed by atoms with E-state index in [0.717, 1.165) is 0 Å². The number of hydrogen-bond acceptors (Lipinski definition) is 5. The maximum absolute atomic E-state index is 11.7. The molecule has 0 aromatic carbocycles. The predicted molar refractivity (Wildman–Crippen MR) is 53.6 cm³/mol. The second kappa shape index (κ2) is 2.88. The summed E-state index contributed by atoms with van der Waals surface area (Å²) in [5.74, 6) is -0.235. The molecule has 0 radical (unpaired) electrons. The van der Waals surface area contributed by atoms with Gasteiger partial charge in [-0.1, -0.05) is 5.16 Å². The molecule has 1 fully saturated rings. The molecular formula is C9H11N3O3. The van der Waals surface area contributed by atoms with Crippen molar-refractivity contribution in [2.45, 2.75) is 32.4 Å². The van der Waals surface area contributed by atoms with Crippen molar-refractivity contribution in [2.75, 3.05) is 0 Å². The number of carbonyl (C=O) groups excluding carboxylic acids is 1. The van der Waals surface area contributed by atoms with Gasteiger partial charge in [0.25, 0.3) is 11.4 Å². The van der Waals surface area contributed by atoms with Crippen molar-refractivity contribution in [3.63, 3.8) is 0 Å². The van der Waals surface area contributed by atoms with E-state index >= 15 is 0 Å². The number of hydroxylamine groups is 1. The SMILES string of the molecule is CC1(C)N=C2C(=NO)CCC(=O)C2=[N+]1[O-]. The van der Waals surface area contributed by atoms with Crippen LogP contribution in [0.1, 0.15) is 26.7 Å². The van der Waals surface area contributed by atoms with Crippen molar-refractivity contribution in [2.24, 2.45) is 10.1 Å². The van der Waals surface area contributed by atoms with Crippen molar-refractivity contribution in [1.82, 2.24) is 0 Å². The van der Waals surface area contributed by atoms with E-state index in [1.54, 1.807) is 13.8 Å². The van der Waals surface area contributed by atoms with E-state index in [1.165, 1.54) is 0 Å². The van der Waals surface area contributed by atoms with Crippen LogP contribution in [0, 0.1) is 5.21 Å². The Morgan fingerprint density at radius 3 is 2.80 bits per heavy atom. The summed E-state index contributed by atoms with van der Waals surface area (Å²) in [6.45, 7) is 3.22. The molecule has 0 spiro atoms. The van der Waals surface area contributed by atoms with Gasteiger partial charge in [0.15, 0.2) is 5.71 Å². The van der Waals surface area contributed by atoms with Gasteiger partial charge >= 0.3 is 0 Å². The fourth-order valence-corrected chi connectivity index (χ4v) is 1.75. The minimum Gasteiger partial charge on any atom is -0.621 e. The smallest absolute Gasteiger partial charge is 0.284 e. The lowest BCUT2D eigenvalue weighted by atomic mass is 9.93. The van der Waals surface area contributed by atoms with Crippen LogP contribution in [-0.4, -0.2) is 38.5 Å². The molecule has 0 unspecified atom stereocenters. The Hall–Kier alpha value is -1.72. The maximum Gasteiger partial charge on any atom is 0.284 e. The molecule has 1 N–H and O–H groups in total. The number of nitrogens with zero attached hydrogens (tertiary/aromatic N) is 3. The molecule has 0 aromatic rings. The number of Topliss-reactive ketones (excluding diaryl/α,β-unsaturated/α-hetero) is 1.